The number of amides is 1. The van der Waals surface area contributed by atoms with E-state index in [4.69, 9.17) is 6.42 Å². The van der Waals surface area contributed by atoms with Gasteiger partial charge in [-0.25, -0.2) is 0 Å². The van der Waals surface area contributed by atoms with Gasteiger partial charge in [-0.1, -0.05) is 5.92 Å². The molecule has 1 heterocycles. The summed E-state index contributed by atoms with van der Waals surface area (Å²) in [6.07, 6.45) is 7.74. The zero-order chi connectivity index (χ0) is 12.0. The fraction of sp³-hybridized carbons (Fsp3) is 0.769. The van der Waals surface area contributed by atoms with Crippen molar-refractivity contribution in [1.29, 1.82) is 0 Å². The van der Waals surface area contributed by atoms with Crippen molar-refractivity contribution in [2.75, 3.05) is 19.6 Å². The van der Waals surface area contributed by atoms with E-state index < -0.39 is 0 Å². The van der Waals surface area contributed by atoms with E-state index >= 15 is 0 Å². The molecule has 0 atom stereocenters. The molecule has 0 bridgehead atoms. The first-order valence-electron chi connectivity index (χ1n) is 6.08. The summed E-state index contributed by atoms with van der Waals surface area (Å²) in [4.78, 5) is 13.8. The predicted molar refractivity (Wildman–Crippen MR) is 65.9 cm³/mol. The summed E-state index contributed by atoms with van der Waals surface area (Å²) < 4.78 is 0. The van der Waals surface area contributed by atoms with Gasteiger partial charge < -0.3 is 10.2 Å². The van der Waals surface area contributed by atoms with Crippen molar-refractivity contribution < 1.29 is 4.79 Å². The summed E-state index contributed by atoms with van der Waals surface area (Å²) >= 11 is 0. The van der Waals surface area contributed by atoms with E-state index in [0.29, 0.717) is 5.92 Å². The number of hydrogen-bond donors (Lipinski definition) is 1. The molecule has 1 fully saturated rings. The van der Waals surface area contributed by atoms with Gasteiger partial charge in [0.1, 0.15) is 0 Å². The van der Waals surface area contributed by atoms with E-state index in [9.17, 15) is 4.79 Å². The van der Waals surface area contributed by atoms with Gasteiger partial charge in [-0.05, 0) is 45.7 Å². The number of nitrogens with zero attached hydrogens (tertiary/aromatic N) is 1. The first-order chi connectivity index (χ1) is 7.65. The Balaban J connectivity index is 2.50. The molecule has 0 aliphatic carbocycles. The molecule has 1 aliphatic heterocycles. The molecule has 1 amide bonds. The van der Waals surface area contributed by atoms with Crippen LogP contribution in [-0.2, 0) is 4.79 Å². The monoisotopic (exact) mass is 222 g/mol. The maximum Gasteiger partial charge on any atom is 0.234 e. The normalized spacial score (nSPS) is 17.1. The lowest BCUT2D eigenvalue weighted by atomic mass is 9.97. The second kappa shape index (κ2) is 6.55. The smallest absolute Gasteiger partial charge is 0.234 e. The molecule has 1 saturated heterocycles. The molecule has 0 aromatic heterocycles. The topological polar surface area (TPSA) is 32.3 Å². The number of terminal acetylenes is 1. The van der Waals surface area contributed by atoms with Crippen LogP contribution in [0.3, 0.4) is 0 Å². The molecule has 1 aliphatic rings. The Labute approximate surface area is 98.6 Å². The van der Waals surface area contributed by atoms with Gasteiger partial charge in [0.25, 0.3) is 0 Å². The summed E-state index contributed by atoms with van der Waals surface area (Å²) in [6.45, 7) is 7.10. The third kappa shape index (κ3) is 3.86. The Hall–Kier alpha value is -1.01. The van der Waals surface area contributed by atoms with Gasteiger partial charge in [0.2, 0.25) is 5.91 Å². The number of piperidine rings is 1. The van der Waals surface area contributed by atoms with Crippen molar-refractivity contribution in [3.05, 3.63) is 0 Å². The molecular formula is C13H22N2O. The Morgan fingerprint density at radius 3 is 2.62 bits per heavy atom. The number of nitrogens with one attached hydrogen (secondary N) is 1. The van der Waals surface area contributed by atoms with Crippen molar-refractivity contribution >= 4 is 5.91 Å². The van der Waals surface area contributed by atoms with Gasteiger partial charge >= 0.3 is 0 Å². The Bertz CT molecular complexity index is 262. The van der Waals surface area contributed by atoms with E-state index in [1.807, 2.05) is 4.90 Å². The quantitative estimate of drug-likeness (QED) is 0.726. The minimum atomic E-state index is 0.0935. The predicted octanol–water partition coefficient (Wildman–Crippen LogP) is 1.25. The Morgan fingerprint density at radius 1 is 1.50 bits per heavy atom. The van der Waals surface area contributed by atoms with Crippen molar-refractivity contribution in [1.82, 2.24) is 10.2 Å². The van der Waals surface area contributed by atoms with E-state index in [-0.39, 0.29) is 18.4 Å². The van der Waals surface area contributed by atoms with Gasteiger partial charge in [0.15, 0.2) is 0 Å². The minimum Gasteiger partial charge on any atom is -0.339 e. The zero-order valence-corrected chi connectivity index (χ0v) is 10.3. The lowest BCUT2D eigenvalue weighted by Crippen LogP contribution is -2.42. The van der Waals surface area contributed by atoms with Gasteiger partial charge in [-0.15, -0.1) is 6.42 Å². The molecule has 1 rings (SSSR count). The number of carbonyl (C=O) groups is 1. The van der Waals surface area contributed by atoms with Crippen LogP contribution in [0.15, 0.2) is 0 Å². The first-order valence-corrected chi connectivity index (χ1v) is 6.08. The SMILES string of the molecule is C#CCC(=O)N(CC1CCNCC1)C(C)C. The number of carbonyl (C=O) groups excluding carboxylic acids is 1. The average molecular weight is 222 g/mol. The van der Waals surface area contributed by atoms with Gasteiger partial charge in [-0.3, -0.25) is 4.79 Å². The summed E-state index contributed by atoms with van der Waals surface area (Å²) in [5.74, 6) is 3.16. The average Bonchev–Trinajstić information content (AvgIpc) is 2.27. The molecule has 1 N–H and O–H groups in total. The van der Waals surface area contributed by atoms with Crippen LogP contribution < -0.4 is 5.32 Å². The van der Waals surface area contributed by atoms with E-state index in [1.54, 1.807) is 0 Å². The maximum atomic E-state index is 11.8. The maximum absolute atomic E-state index is 11.8. The molecule has 3 nitrogen and oxygen atoms in total. The highest BCUT2D eigenvalue weighted by Gasteiger charge is 2.21. The lowest BCUT2D eigenvalue weighted by molar-refractivity contribution is -0.132. The highest BCUT2D eigenvalue weighted by Crippen LogP contribution is 2.15. The van der Waals surface area contributed by atoms with E-state index in [0.717, 1.165) is 32.5 Å². The van der Waals surface area contributed by atoms with Gasteiger partial charge in [0.05, 0.1) is 6.42 Å². The van der Waals surface area contributed by atoms with Crippen molar-refractivity contribution in [2.24, 2.45) is 5.92 Å². The van der Waals surface area contributed by atoms with Crippen LogP contribution in [0.25, 0.3) is 0 Å². The van der Waals surface area contributed by atoms with Crippen molar-refractivity contribution in [3.8, 4) is 12.3 Å². The van der Waals surface area contributed by atoms with Crippen LogP contribution in [0, 0.1) is 18.3 Å². The highest BCUT2D eigenvalue weighted by atomic mass is 16.2. The zero-order valence-electron chi connectivity index (χ0n) is 10.3. The molecule has 0 radical (unpaired) electrons. The van der Waals surface area contributed by atoms with Crippen LogP contribution in [0.4, 0.5) is 0 Å². The fourth-order valence-electron chi connectivity index (χ4n) is 2.13. The Morgan fingerprint density at radius 2 is 2.12 bits per heavy atom. The molecule has 0 saturated carbocycles. The third-order valence-corrected chi connectivity index (χ3v) is 3.11. The van der Waals surface area contributed by atoms with E-state index in [2.05, 4.69) is 25.1 Å². The summed E-state index contributed by atoms with van der Waals surface area (Å²) in [7, 11) is 0. The second-order valence-electron chi connectivity index (χ2n) is 4.71. The second-order valence-corrected chi connectivity index (χ2v) is 4.71. The van der Waals surface area contributed by atoms with Crippen LogP contribution in [-0.4, -0.2) is 36.5 Å². The molecule has 90 valence electrons. The standard InChI is InChI=1S/C13H22N2O/c1-4-5-13(16)15(11(2)3)10-12-6-8-14-9-7-12/h1,11-12,14H,5-10H2,2-3H3. The molecule has 0 aromatic rings. The minimum absolute atomic E-state index is 0.0935. The summed E-state index contributed by atoms with van der Waals surface area (Å²) in [5, 5.41) is 3.34. The number of hydrogen-bond acceptors (Lipinski definition) is 2. The number of rotatable bonds is 4. The molecule has 0 spiro atoms. The molecule has 0 unspecified atom stereocenters. The van der Waals surface area contributed by atoms with Crippen molar-refractivity contribution in [2.45, 2.75) is 39.2 Å². The third-order valence-electron chi connectivity index (χ3n) is 3.11. The molecule has 0 aromatic carbocycles. The molecule has 3 heteroatoms. The molecule has 16 heavy (non-hydrogen) atoms. The highest BCUT2D eigenvalue weighted by molar-refractivity contribution is 5.78. The van der Waals surface area contributed by atoms with Gasteiger partial charge in [-0.2, -0.15) is 0 Å². The summed E-state index contributed by atoms with van der Waals surface area (Å²) in [5.41, 5.74) is 0. The lowest BCUT2D eigenvalue weighted by Gasteiger charge is -2.32. The van der Waals surface area contributed by atoms with E-state index in [1.165, 1.54) is 0 Å². The largest absolute Gasteiger partial charge is 0.339 e. The fourth-order valence-corrected chi connectivity index (χ4v) is 2.13. The Kier molecular flexibility index (Phi) is 5.34. The van der Waals surface area contributed by atoms with Crippen LogP contribution >= 0.6 is 0 Å². The first kappa shape index (κ1) is 13.1. The molecular weight excluding hydrogens is 200 g/mol. The summed E-state index contributed by atoms with van der Waals surface area (Å²) in [6, 6.07) is 0.246. The van der Waals surface area contributed by atoms with Crippen LogP contribution in [0.5, 0.6) is 0 Å². The van der Waals surface area contributed by atoms with Gasteiger partial charge in [0, 0.05) is 12.6 Å². The van der Waals surface area contributed by atoms with Crippen LogP contribution in [0.1, 0.15) is 33.1 Å². The van der Waals surface area contributed by atoms with Crippen LogP contribution in [0.2, 0.25) is 0 Å². The van der Waals surface area contributed by atoms with Crippen molar-refractivity contribution in [3.63, 3.8) is 0 Å².